The lowest BCUT2D eigenvalue weighted by Crippen LogP contribution is -2.37. The first-order valence-corrected chi connectivity index (χ1v) is 10.1. The van der Waals surface area contributed by atoms with Gasteiger partial charge in [-0.05, 0) is 47.7 Å². The molecular formula is C23H25N5O2. The highest BCUT2D eigenvalue weighted by Crippen LogP contribution is 2.27. The molecule has 1 unspecified atom stereocenters. The summed E-state index contributed by atoms with van der Waals surface area (Å²) in [4.78, 5) is 26.8. The van der Waals surface area contributed by atoms with E-state index in [0.29, 0.717) is 18.4 Å². The largest absolute Gasteiger partial charge is 0.447 e. The molecule has 3 heterocycles. The lowest BCUT2D eigenvalue weighted by Gasteiger charge is -2.23. The molecule has 4 rings (SSSR count). The van der Waals surface area contributed by atoms with Crippen molar-refractivity contribution in [1.82, 2.24) is 15.0 Å². The SMILES string of the molecule is CC(C)C1COC(=O)N1c1ccnc(N[C@H](C)c2ccc(-c3ccncc3)cc2)n1. The van der Waals surface area contributed by atoms with Gasteiger partial charge in [0.05, 0.1) is 12.1 Å². The van der Waals surface area contributed by atoms with E-state index in [9.17, 15) is 4.79 Å². The summed E-state index contributed by atoms with van der Waals surface area (Å²) >= 11 is 0. The number of hydrogen-bond acceptors (Lipinski definition) is 6. The minimum atomic E-state index is -0.363. The molecule has 30 heavy (non-hydrogen) atoms. The monoisotopic (exact) mass is 403 g/mol. The maximum atomic E-state index is 12.2. The molecule has 1 aliphatic heterocycles. The molecule has 1 saturated heterocycles. The Morgan fingerprint density at radius 3 is 2.40 bits per heavy atom. The second-order valence-corrected chi connectivity index (χ2v) is 7.72. The van der Waals surface area contributed by atoms with Crippen molar-refractivity contribution in [3.8, 4) is 11.1 Å². The van der Waals surface area contributed by atoms with Gasteiger partial charge in [0.2, 0.25) is 5.95 Å². The van der Waals surface area contributed by atoms with Crippen LogP contribution in [0.2, 0.25) is 0 Å². The van der Waals surface area contributed by atoms with Gasteiger partial charge in [0, 0.05) is 18.6 Å². The van der Waals surface area contributed by atoms with Crippen LogP contribution in [0.25, 0.3) is 11.1 Å². The Balaban J connectivity index is 1.49. The van der Waals surface area contributed by atoms with Crippen LogP contribution in [0.4, 0.5) is 16.6 Å². The van der Waals surface area contributed by atoms with Gasteiger partial charge in [-0.1, -0.05) is 38.1 Å². The number of hydrogen-bond donors (Lipinski definition) is 1. The number of rotatable bonds is 6. The Kier molecular flexibility index (Phi) is 5.61. The molecule has 2 aromatic heterocycles. The molecule has 2 atom stereocenters. The van der Waals surface area contributed by atoms with Crippen molar-refractivity contribution in [3.05, 3.63) is 66.6 Å². The Hall–Kier alpha value is -3.48. The van der Waals surface area contributed by atoms with E-state index in [-0.39, 0.29) is 24.1 Å². The molecule has 0 saturated carbocycles. The average molecular weight is 403 g/mol. The molecule has 154 valence electrons. The molecular weight excluding hydrogens is 378 g/mol. The number of cyclic esters (lactones) is 1. The number of nitrogens with zero attached hydrogens (tertiary/aromatic N) is 4. The summed E-state index contributed by atoms with van der Waals surface area (Å²) in [5.41, 5.74) is 3.38. The van der Waals surface area contributed by atoms with E-state index >= 15 is 0 Å². The van der Waals surface area contributed by atoms with Crippen LogP contribution < -0.4 is 10.2 Å². The molecule has 0 bridgehead atoms. The standard InChI is InChI=1S/C23H25N5O2/c1-15(2)20-14-30-23(29)28(20)21-10-13-25-22(27-21)26-16(3)17-4-6-18(7-5-17)19-8-11-24-12-9-19/h4-13,15-16,20H,14H2,1-3H3,(H,25,26,27)/t16-,20?/m1/s1. The van der Waals surface area contributed by atoms with Gasteiger partial charge in [-0.2, -0.15) is 4.98 Å². The first-order chi connectivity index (χ1) is 14.5. The first kappa shape index (κ1) is 19.8. The van der Waals surface area contributed by atoms with Gasteiger partial charge in [-0.3, -0.25) is 9.88 Å². The lowest BCUT2D eigenvalue weighted by molar-refractivity contribution is 0.177. The summed E-state index contributed by atoms with van der Waals surface area (Å²) in [5.74, 6) is 1.29. The fourth-order valence-corrected chi connectivity index (χ4v) is 3.53. The van der Waals surface area contributed by atoms with Crippen LogP contribution >= 0.6 is 0 Å². The van der Waals surface area contributed by atoms with Crippen LogP contribution in [0.5, 0.6) is 0 Å². The predicted octanol–water partition coefficient (Wildman–Crippen LogP) is 4.69. The topological polar surface area (TPSA) is 80.2 Å². The maximum absolute atomic E-state index is 12.2. The summed E-state index contributed by atoms with van der Waals surface area (Å²) in [7, 11) is 0. The summed E-state index contributed by atoms with van der Waals surface area (Å²) in [6, 6.07) is 14.0. The molecule has 3 aromatic rings. The van der Waals surface area contributed by atoms with E-state index in [1.807, 2.05) is 12.1 Å². The van der Waals surface area contributed by atoms with Crippen molar-refractivity contribution < 1.29 is 9.53 Å². The normalized spacial score (nSPS) is 17.1. The van der Waals surface area contributed by atoms with Gasteiger partial charge >= 0.3 is 6.09 Å². The zero-order valence-electron chi connectivity index (χ0n) is 17.3. The zero-order chi connectivity index (χ0) is 21.1. The third-order valence-electron chi connectivity index (χ3n) is 5.33. The van der Waals surface area contributed by atoms with Crippen LogP contribution in [0.3, 0.4) is 0 Å². The van der Waals surface area contributed by atoms with Crippen molar-refractivity contribution in [2.45, 2.75) is 32.9 Å². The highest BCUT2D eigenvalue weighted by molar-refractivity contribution is 5.89. The maximum Gasteiger partial charge on any atom is 0.415 e. The second kappa shape index (κ2) is 8.49. The van der Waals surface area contributed by atoms with Gasteiger partial charge in [-0.25, -0.2) is 9.78 Å². The fraction of sp³-hybridized carbons (Fsp3) is 0.304. The minimum absolute atomic E-state index is 0.00170. The second-order valence-electron chi connectivity index (χ2n) is 7.72. The molecule has 1 fully saturated rings. The molecule has 1 aromatic carbocycles. The van der Waals surface area contributed by atoms with E-state index in [4.69, 9.17) is 4.74 Å². The third-order valence-corrected chi connectivity index (χ3v) is 5.33. The molecule has 1 N–H and O–H groups in total. The van der Waals surface area contributed by atoms with Crippen LogP contribution in [0, 0.1) is 5.92 Å². The quantitative estimate of drug-likeness (QED) is 0.643. The van der Waals surface area contributed by atoms with Gasteiger partial charge in [-0.15, -0.1) is 0 Å². The van der Waals surface area contributed by atoms with Crippen molar-refractivity contribution in [2.24, 2.45) is 5.92 Å². The van der Waals surface area contributed by atoms with E-state index in [2.05, 4.69) is 65.3 Å². The number of carbonyl (C=O) groups is 1. The number of benzene rings is 1. The van der Waals surface area contributed by atoms with Crippen molar-refractivity contribution in [2.75, 3.05) is 16.8 Å². The molecule has 7 heteroatoms. The summed E-state index contributed by atoms with van der Waals surface area (Å²) in [6.07, 6.45) is 4.88. The number of anilines is 2. The summed E-state index contributed by atoms with van der Waals surface area (Å²) in [6.45, 7) is 6.57. The van der Waals surface area contributed by atoms with Crippen molar-refractivity contribution in [3.63, 3.8) is 0 Å². The van der Waals surface area contributed by atoms with Crippen LogP contribution in [0.1, 0.15) is 32.4 Å². The number of amides is 1. The van der Waals surface area contributed by atoms with E-state index in [1.54, 1.807) is 29.6 Å². The minimum Gasteiger partial charge on any atom is -0.447 e. The zero-order valence-corrected chi connectivity index (χ0v) is 17.3. The predicted molar refractivity (Wildman–Crippen MR) is 116 cm³/mol. The van der Waals surface area contributed by atoms with E-state index in [1.165, 1.54) is 0 Å². The van der Waals surface area contributed by atoms with Crippen LogP contribution in [-0.4, -0.2) is 33.7 Å². The summed E-state index contributed by atoms with van der Waals surface area (Å²) < 4.78 is 5.23. The van der Waals surface area contributed by atoms with Crippen molar-refractivity contribution >= 4 is 17.9 Å². The van der Waals surface area contributed by atoms with Crippen LogP contribution in [-0.2, 0) is 4.74 Å². The Morgan fingerprint density at radius 1 is 1.00 bits per heavy atom. The van der Waals surface area contributed by atoms with Gasteiger partial charge in [0.15, 0.2) is 0 Å². The Labute approximate surface area is 176 Å². The van der Waals surface area contributed by atoms with Crippen molar-refractivity contribution in [1.29, 1.82) is 0 Å². The number of carbonyl (C=O) groups excluding carboxylic acids is 1. The Morgan fingerprint density at radius 2 is 1.70 bits per heavy atom. The number of aromatic nitrogens is 3. The third kappa shape index (κ3) is 4.10. The number of ether oxygens (including phenoxy) is 1. The molecule has 7 nitrogen and oxygen atoms in total. The molecule has 0 aliphatic carbocycles. The van der Waals surface area contributed by atoms with Gasteiger partial charge < -0.3 is 10.1 Å². The smallest absolute Gasteiger partial charge is 0.415 e. The molecule has 0 spiro atoms. The molecule has 0 radical (unpaired) electrons. The van der Waals surface area contributed by atoms with E-state index in [0.717, 1.165) is 16.7 Å². The fourth-order valence-electron chi connectivity index (χ4n) is 3.53. The first-order valence-electron chi connectivity index (χ1n) is 10.1. The lowest BCUT2D eigenvalue weighted by atomic mass is 10.0. The Bertz CT molecular complexity index is 1010. The highest BCUT2D eigenvalue weighted by Gasteiger charge is 2.37. The summed E-state index contributed by atoms with van der Waals surface area (Å²) in [5, 5.41) is 3.33. The highest BCUT2D eigenvalue weighted by atomic mass is 16.6. The van der Waals surface area contributed by atoms with Gasteiger partial charge in [0.1, 0.15) is 12.4 Å². The average Bonchev–Trinajstić information content (AvgIpc) is 3.16. The number of pyridine rings is 1. The van der Waals surface area contributed by atoms with Crippen LogP contribution in [0.15, 0.2) is 61.1 Å². The molecule has 1 amide bonds. The van der Waals surface area contributed by atoms with E-state index < -0.39 is 0 Å². The number of nitrogens with one attached hydrogen (secondary N) is 1. The molecule has 1 aliphatic rings. The van der Waals surface area contributed by atoms with Gasteiger partial charge in [0.25, 0.3) is 0 Å².